The molecule has 0 aromatic carbocycles. The Labute approximate surface area is 112 Å². The van der Waals surface area contributed by atoms with Crippen LogP contribution in [0.25, 0.3) is 0 Å². The molecule has 1 spiro atoms. The van der Waals surface area contributed by atoms with Crippen molar-refractivity contribution in [2.75, 3.05) is 26.4 Å². The molecule has 0 atom stereocenters. The highest BCUT2D eigenvalue weighted by molar-refractivity contribution is 4.89. The second-order valence-electron chi connectivity index (χ2n) is 6.14. The summed E-state index contributed by atoms with van der Waals surface area (Å²) in [6, 6.07) is 0. The maximum atomic E-state index is 5.74. The molecule has 2 heterocycles. The SMILES string of the molecule is CC(N)(N)C1OCC2(CO1)COC(C(C)(N)N)OC2. The van der Waals surface area contributed by atoms with Gasteiger partial charge in [-0.05, 0) is 13.8 Å². The number of hydrogen-bond acceptors (Lipinski definition) is 8. The van der Waals surface area contributed by atoms with Crippen LogP contribution in [0.15, 0.2) is 0 Å². The zero-order chi connectivity index (χ0) is 14.3. The molecule has 2 rings (SSSR count). The van der Waals surface area contributed by atoms with Gasteiger partial charge in [0, 0.05) is 0 Å². The summed E-state index contributed by atoms with van der Waals surface area (Å²) in [5.41, 5.74) is 20.5. The lowest BCUT2D eigenvalue weighted by molar-refractivity contribution is -0.320. The predicted molar refractivity (Wildman–Crippen MR) is 67.4 cm³/mol. The summed E-state index contributed by atoms with van der Waals surface area (Å²) in [6.07, 6.45) is -1.27. The fourth-order valence-corrected chi connectivity index (χ4v) is 2.07. The van der Waals surface area contributed by atoms with Crippen molar-refractivity contribution in [3.8, 4) is 0 Å². The van der Waals surface area contributed by atoms with Crippen LogP contribution < -0.4 is 22.9 Å². The number of ether oxygens (including phenoxy) is 4. The molecule has 8 N–H and O–H groups in total. The minimum atomic E-state index is -1.03. The Balaban J connectivity index is 1.88. The van der Waals surface area contributed by atoms with E-state index in [0.29, 0.717) is 26.4 Å². The lowest BCUT2D eigenvalue weighted by atomic mass is 9.90. The third-order valence-corrected chi connectivity index (χ3v) is 3.18. The van der Waals surface area contributed by atoms with Gasteiger partial charge in [0.05, 0.1) is 31.8 Å². The first kappa shape index (κ1) is 15.1. The third kappa shape index (κ3) is 3.41. The lowest BCUT2D eigenvalue weighted by Crippen LogP contribution is -2.65. The quantitative estimate of drug-likeness (QED) is 0.424. The van der Waals surface area contributed by atoms with Crippen molar-refractivity contribution in [2.45, 2.75) is 37.8 Å². The zero-order valence-electron chi connectivity index (χ0n) is 11.4. The average molecular weight is 276 g/mol. The summed E-state index contributed by atoms with van der Waals surface area (Å²) in [6.45, 7) is 4.91. The van der Waals surface area contributed by atoms with Crippen LogP contribution in [0.1, 0.15) is 13.8 Å². The fourth-order valence-electron chi connectivity index (χ4n) is 2.07. The Kier molecular flexibility index (Phi) is 3.89. The lowest BCUT2D eigenvalue weighted by Gasteiger charge is -2.47. The van der Waals surface area contributed by atoms with E-state index in [1.807, 2.05) is 0 Å². The van der Waals surface area contributed by atoms with Crippen LogP contribution in [0.5, 0.6) is 0 Å². The van der Waals surface area contributed by atoms with Gasteiger partial charge in [0.1, 0.15) is 11.3 Å². The topological polar surface area (TPSA) is 141 Å². The molecule has 8 nitrogen and oxygen atoms in total. The highest BCUT2D eigenvalue weighted by Gasteiger charge is 2.46. The van der Waals surface area contributed by atoms with Gasteiger partial charge in [0.2, 0.25) is 0 Å². The zero-order valence-corrected chi connectivity index (χ0v) is 11.4. The normalized spacial score (nSPS) is 37.6. The first-order chi connectivity index (χ1) is 8.62. The van der Waals surface area contributed by atoms with Gasteiger partial charge in [-0.15, -0.1) is 0 Å². The van der Waals surface area contributed by atoms with Crippen molar-refractivity contribution in [2.24, 2.45) is 28.3 Å². The van der Waals surface area contributed by atoms with E-state index in [9.17, 15) is 0 Å². The van der Waals surface area contributed by atoms with Crippen LogP contribution in [-0.4, -0.2) is 50.3 Å². The Morgan fingerprint density at radius 1 is 0.737 bits per heavy atom. The monoisotopic (exact) mass is 276 g/mol. The Morgan fingerprint density at radius 3 is 1.21 bits per heavy atom. The van der Waals surface area contributed by atoms with Gasteiger partial charge in [-0.25, -0.2) is 0 Å². The van der Waals surface area contributed by atoms with E-state index in [2.05, 4.69) is 0 Å². The predicted octanol–water partition coefficient (Wildman–Crippen LogP) is -2.01. The highest BCUT2D eigenvalue weighted by atomic mass is 16.7. The average Bonchev–Trinajstić information content (AvgIpc) is 2.27. The molecule has 19 heavy (non-hydrogen) atoms. The van der Waals surface area contributed by atoms with Crippen LogP contribution in [-0.2, 0) is 18.9 Å². The summed E-state index contributed by atoms with van der Waals surface area (Å²) in [5, 5.41) is 0. The summed E-state index contributed by atoms with van der Waals surface area (Å²) >= 11 is 0. The molecule has 0 radical (unpaired) electrons. The van der Waals surface area contributed by atoms with Gasteiger partial charge in [-0.3, -0.25) is 0 Å². The molecule has 0 aromatic rings. The van der Waals surface area contributed by atoms with Crippen LogP contribution >= 0.6 is 0 Å². The standard InChI is InChI=1S/C11H24N4O4/c1-9(12,13)7-16-3-11(4-17-7)5-18-8(19-6-11)10(2,14)15/h7-8H,3-6,12-15H2,1-2H3. The minimum Gasteiger partial charge on any atom is -0.349 e. The summed E-state index contributed by atoms with van der Waals surface area (Å²) in [5.74, 6) is 0. The summed E-state index contributed by atoms with van der Waals surface area (Å²) in [4.78, 5) is 0. The second-order valence-corrected chi connectivity index (χ2v) is 6.14. The van der Waals surface area contributed by atoms with Crippen molar-refractivity contribution in [1.82, 2.24) is 0 Å². The van der Waals surface area contributed by atoms with E-state index in [-0.39, 0.29) is 5.41 Å². The molecule has 0 bridgehead atoms. The first-order valence-corrected chi connectivity index (χ1v) is 6.24. The molecule has 0 aromatic heterocycles. The first-order valence-electron chi connectivity index (χ1n) is 6.24. The van der Waals surface area contributed by atoms with Gasteiger partial charge in [-0.1, -0.05) is 0 Å². The van der Waals surface area contributed by atoms with E-state index in [4.69, 9.17) is 41.9 Å². The molecular formula is C11H24N4O4. The number of rotatable bonds is 2. The Hall–Kier alpha value is -0.320. The van der Waals surface area contributed by atoms with E-state index in [0.717, 1.165) is 0 Å². The van der Waals surface area contributed by atoms with Gasteiger partial charge < -0.3 is 41.9 Å². The largest absolute Gasteiger partial charge is 0.349 e. The van der Waals surface area contributed by atoms with Gasteiger partial charge >= 0.3 is 0 Å². The van der Waals surface area contributed by atoms with Gasteiger partial charge in [-0.2, -0.15) is 0 Å². The maximum absolute atomic E-state index is 5.74. The minimum absolute atomic E-state index is 0.358. The van der Waals surface area contributed by atoms with Crippen molar-refractivity contribution in [3.63, 3.8) is 0 Å². The molecule has 2 fully saturated rings. The molecule has 0 unspecified atom stereocenters. The smallest absolute Gasteiger partial charge is 0.188 e. The fraction of sp³-hybridized carbons (Fsp3) is 1.00. The van der Waals surface area contributed by atoms with Crippen molar-refractivity contribution in [1.29, 1.82) is 0 Å². The molecule has 0 aliphatic carbocycles. The maximum Gasteiger partial charge on any atom is 0.188 e. The van der Waals surface area contributed by atoms with Crippen LogP contribution in [0, 0.1) is 5.41 Å². The molecule has 112 valence electrons. The van der Waals surface area contributed by atoms with E-state index >= 15 is 0 Å². The Bertz CT molecular complexity index is 274. The molecule has 0 saturated carbocycles. The van der Waals surface area contributed by atoms with Gasteiger partial charge in [0.25, 0.3) is 0 Å². The molecule has 2 saturated heterocycles. The molecular weight excluding hydrogens is 252 g/mol. The molecule has 0 amide bonds. The Morgan fingerprint density at radius 2 is 1.00 bits per heavy atom. The number of hydrogen-bond donors (Lipinski definition) is 4. The van der Waals surface area contributed by atoms with Crippen molar-refractivity contribution in [3.05, 3.63) is 0 Å². The van der Waals surface area contributed by atoms with E-state index in [1.54, 1.807) is 13.8 Å². The second kappa shape index (κ2) is 4.90. The molecule has 2 aliphatic heterocycles. The van der Waals surface area contributed by atoms with Crippen LogP contribution in [0.4, 0.5) is 0 Å². The summed E-state index contributed by atoms with van der Waals surface area (Å²) < 4.78 is 22.2. The van der Waals surface area contributed by atoms with E-state index < -0.39 is 23.9 Å². The van der Waals surface area contributed by atoms with Crippen LogP contribution in [0.2, 0.25) is 0 Å². The molecule has 2 aliphatic rings. The third-order valence-electron chi connectivity index (χ3n) is 3.18. The van der Waals surface area contributed by atoms with Crippen LogP contribution in [0.3, 0.4) is 0 Å². The van der Waals surface area contributed by atoms with Crippen molar-refractivity contribution >= 4 is 0 Å². The number of nitrogens with two attached hydrogens (primary N) is 4. The highest BCUT2D eigenvalue weighted by Crippen LogP contribution is 2.32. The van der Waals surface area contributed by atoms with Crippen molar-refractivity contribution < 1.29 is 18.9 Å². The molecule has 8 heteroatoms. The summed E-state index contributed by atoms with van der Waals surface area (Å²) in [7, 11) is 0. The van der Waals surface area contributed by atoms with E-state index in [1.165, 1.54) is 0 Å². The van der Waals surface area contributed by atoms with Gasteiger partial charge in [0.15, 0.2) is 12.6 Å².